The van der Waals surface area contributed by atoms with E-state index in [1.54, 1.807) is 23.1 Å². The molecule has 4 rings (SSSR count). The van der Waals surface area contributed by atoms with Crippen LogP contribution in [0.3, 0.4) is 0 Å². The molecule has 0 unspecified atom stereocenters. The van der Waals surface area contributed by atoms with Crippen molar-refractivity contribution in [3.8, 4) is 5.75 Å². The molecule has 0 aliphatic carbocycles. The van der Waals surface area contributed by atoms with Crippen LogP contribution in [0.15, 0.2) is 52.0 Å². The summed E-state index contributed by atoms with van der Waals surface area (Å²) >= 11 is 2.94. The van der Waals surface area contributed by atoms with Gasteiger partial charge in [0.1, 0.15) is 5.75 Å². The van der Waals surface area contributed by atoms with Gasteiger partial charge in [-0.2, -0.15) is 9.78 Å². The van der Waals surface area contributed by atoms with Crippen LogP contribution in [0.5, 0.6) is 5.75 Å². The topological polar surface area (TPSA) is 89.6 Å². The number of carboxylic acids is 1. The molecule has 27 heavy (non-hydrogen) atoms. The lowest BCUT2D eigenvalue weighted by Gasteiger charge is -2.21. The van der Waals surface area contributed by atoms with Crippen LogP contribution >= 0.6 is 23.1 Å². The van der Waals surface area contributed by atoms with E-state index in [0.29, 0.717) is 17.4 Å². The number of benzene rings is 1. The number of hydrogen-bond donors (Lipinski definition) is 1. The quantitative estimate of drug-likeness (QED) is 0.684. The van der Waals surface area contributed by atoms with Gasteiger partial charge in [-0.05, 0) is 29.1 Å². The van der Waals surface area contributed by atoms with E-state index in [-0.39, 0.29) is 11.7 Å². The molecule has 0 fully saturated rings. The highest BCUT2D eigenvalue weighted by molar-refractivity contribution is 8.00. The number of methoxy groups -OCH3 is 1. The van der Waals surface area contributed by atoms with Gasteiger partial charge in [-0.1, -0.05) is 30.0 Å². The molecule has 9 heteroatoms. The van der Waals surface area contributed by atoms with Crippen molar-refractivity contribution in [3.05, 3.63) is 58.0 Å². The number of rotatable bonds is 6. The lowest BCUT2D eigenvalue weighted by molar-refractivity contribution is -0.136. The Morgan fingerprint density at radius 1 is 1.26 bits per heavy atom. The van der Waals surface area contributed by atoms with Crippen LogP contribution in [-0.2, 0) is 11.2 Å². The van der Waals surface area contributed by atoms with E-state index in [1.807, 2.05) is 41.8 Å². The normalized spacial score (nSPS) is 15.9. The van der Waals surface area contributed by atoms with Crippen LogP contribution in [0.1, 0.15) is 22.7 Å². The summed E-state index contributed by atoms with van der Waals surface area (Å²) < 4.78 is 6.91. The second-order valence-corrected chi connectivity index (χ2v) is 8.02. The minimum Gasteiger partial charge on any atom is -0.497 e. The molecule has 0 saturated carbocycles. The van der Waals surface area contributed by atoms with E-state index in [9.17, 15) is 9.90 Å². The molecule has 0 radical (unpaired) electrons. The second kappa shape index (κ2) is 7.53. The van der Waals surface area contributed by atoms with Gasteiger partial charge >= 0.3 is 5.97 Å². The number of nitrogens with zero attached hydrogens (tertiary/aromatic N) is 4. The van der Waals surface area contributed by atoms with Crippen molar-refractivity contribution in [2.45, 2.75) is 23.2 Å². The maximum absolute atomic E-state index is 11.3. The first-order chi connectivity index (χ1) is 13.1. The summed E-state index contributed by atoms with van der Waals surface area (Å²) in [6, 6.07) is 11.7. The summed E-state index contributed by atoms with van der Waals surface area (Å²) in [5.74, 6) is 0.653. The van der Waals surface area contributed by atoms with Crippen molar-refractivity contribution >= 4 is 34.8 Å². The van der Waals surface area contributed by atoms with Gasteiger partial charge in [0.15, 0.2) is 5.82 Å². The fourth-order valence-corrected chi connectivity index (χ4v) is 4.73. The highest BCUT2D eigenvalue weighted by Gasteiger charge is 2.31. The third-order valence-corrected chi connectivity index (χ3v) is 6.12. The van der Waals surface area contributed by atoms with Gasteiger partial charge in [-0.15, -0.1) is 21.5 Å². The van der Waals surface area contributed by atoms with Gasteiger partial charge in [-0.3, -0.25) is 4.79 Å². The summed E-state index contributed by atoms with van der Waals surface area (Å²) in [7, 11) is 1.63. The maximum Gasteiger partial charge on any atom is 0.304 e. The Balaban J connectivity index is 1.67. The Kier molecular flexibility index (Phi) is 4.95. The molecule has 0 spiro atoms. The molecule has 1 N–H and O–H groups in total. The Hall–Kier alpha value is -2.65. The summed E-state index contributed by atoms with van der Waals surface area (Å²) in [6.07, 6.45) is 0.560. The van der Waals surface area contributed by atoms with Crippen LogP contribution in [0, 0.1) is 0 Å². The predicted molar refractivity (Wildman–Crippen MR) is 104 cm³/mol. The Morgan fingerprint density at radius 3 is 2.74 bits per heavy atom. The number of carboxylic acid groups (broad SMARTS) is 1. The van der Waals surface area contributed by atoms with Crippen molar-refractivity contribution in [2.24, 2.45) is 5.10 Å². The molecule has 138 valence electrons. The van der Waals surface area contributed by atoms with Gasteiger partial charge in [0.05, 0.1) is 29.4 Å². The van der Waals surface area contributed by atoms with Crippen molar-refractivity contribution < 1.29 is 14.6 Å². The van der Waals surface area contributed by atoms with E-state index in [1.165, 1.54) is 11.8 Å². The second-order valence-electron chi connectivity index (χ2n) is 5.90. The van der Waals surface area contributed by atoms with Crippen LogP contribution in [0.25, 0.3) is 0 Å². The smallest absolute Gasteiger partial charge is 0.304 e. The van der Waals surface area contributed by atoms with Crippen molar-refractivity contribution in [2.75, 3.05) is 7.11 Å². The van der Waals surface area contributed by atoms with E-state index >= 15 is 0 Å². The molecule has 2 aromatic heterocycles. The van der Waals surface area contributed by atoms with Crippen molar-refractivity contribution in [1.82, 2.24) is 14.9 Å². The van der Waals surface area contributed by atoms with Crippen molar-refractivity contribution in [1.29, 1.82) is 0 Å². The Labute approximate surface area is 163 Å². The number of fused-ring (bicyclic) bond motifs is 1. The van der Waals surface area contributed by atoms with Crippen molar-refractivity contribution in [3.63, 3.8) is 0 Å². The first kappa shape index (κ1) is 17.7. The highest BCUT2D eigenvalue weighted by Crippen LogP contribution is 2.33. The minimum absolute atomic E-state index is 0.0118. The molecule has 0 saturated heterocycles. The van der Waals surface area contributed by atoms with Gasteiger partial charge in [0.25, 0.3) is 0 Å². The first-order valence-corrected chi connectivity index (χ1v) is 9.98. The molecule has 1 aromatic carbocycles. The molecule has 1 aliphatic heterocycles. The molecule has 1 aliphatic rings. The van der Waals surface area contributed by atoms with E-state index < -0.39 is 5.97 Å². The van der Waals surface area contributed by atoms with Crippen LogP contribution in [-0.4, -0.2) is 44.0 Å². The number of thioether (sulfide) groups is 1. The molecule has 0 bridgehead atoms. The number of aliphatic carboxylic acids is 1. The molecular formula is C18H16N4O3S2. The number of ether oxygens (including phenoxy) is 1. The molecule has 0 amide bonds. The summed E-state index contributed by atoms with van der Waals surface area (Å²) in [4.78, 5) is 12.2. The third kappa shape index (κ3) is 3.74. The standard InChI is InChI=1S/C18H16N4O3S2/c1-25-12-6-4-11(5-7-12)9-15-19-20-18-22(15)21-17(13-3-2-8-26-13)14(27-18)10-16(23)24/h2-8,14H,9-10H2,1H3,(H,23,24)/t14-/m0/s1. The van der Waals surface area contributed by atoms with Crippen LogP contribution < -0.4 is 4.74 Å². The predicted octanol–water partition coefficient (Wildman–Crippen LogP) is 3.14. The van der Waals surface area contributed by atoms with Crippen LogP contribution in [0.2, 0.25) is 0 Å². The Morgan fingerprint density at radius 2 is 2.07 bits per heavy atom. The summed E-state index contributed by atoms with van der Waals surface area (Å²) in [5.41, 5.74) is 1.82. The lowest BCUT2D eigenvalue weighted by atomic mass is 10.1. The largest absolute Gasteiger partial charge is 0.497 e. The monoisotopic (exact) mass is 400 g/mol. The van der Waals surface area contributed by atoms with E-state index in [4.69, 9.17) is 9.84 Å². The van der Waals surface area contributed by atoms with Gasteiger partial charge in [0.2, 0.25) is 5.16 Å². The SMILES string of the molecule is COc1ccc(Cc2nnc3n2N=C(c2cccs2)[C@H](CC(=O)O)S3)cc1. The molecule has 3 aromatic rings. The summed E-state index contributed by atoms with van der Waals surface area (Å²) in [5, 5.41) is 24.8. The number of hydrogen-bond acceptors (Lipinski definition) is 7. The molecule has 3 heterocycles. The lowest BCUT2D eigenvalue weighted by Crippen LogP contribution is -2.26. The van der Waals surface area contributed by atoms with Gasteiger partial charge in [-0.25, -0.2) is 0 Å². The van der Waals surface area contributed by atoms with Gasteiger partial charge in [0, 0.05) is 6.42 Å². The molecule has 7 nitrogen and oxygen atoms in total. The zero-order chi connectivity index (χ0) is 18.8. The fourth-order valence-electron chi connectivity index (χ4n) is 2.79. The average Bonchev–Trinajstić information content (AvgIpc) is 3.32. The number of carbonyl (C=O) groups is 1. The fraction of sp³-hybridized carbons (Fsp3) is 0.222. The maximum atomic E-state index is 11.3. The number of aromatic nitrogens is 3. The molecule has 1 atom stereocenters. The third-order valence-electron chi connectivity index (χ3n) is 4.09. The molecular weight excluding hydrogens is 384 g/mol. The number of thiophene rings is 1. The Bertz CT molecular complexity index is 981. The average molecular weight is 400 g/mol. The summed E-state index contributed by atoms with van der Waals surface area (Å²) in [6.45, 7) is 0. The zero-order valence-electron chi connectivity index (χ0n) is 14.4. The van der Waals surface area contributed by atoms with E-state index in [0.717, 1.165) is 21.9 Å². The van der Waals surface area contributed by atoms with Gasteiger partial charge < -0.3 is 9.84 Å². The minimum atomic E-state index is -0.858. The van der Waals surface area contributed by atoms with Crippen LogP contribution in [0.4, 0.5) is 0 Å². The highest BCUT2D eigenvalue weighted by atomic mass is 32.2. The first-order valence-electron chi connectivity index (χ1n) is 8.22. The zero-order valence-corrected chi connectivity index (χ0v) is 16.0. The van der Waals surface area contributed by atoms with E-state index in [2.05, 4.69) is 10.2 Å².